The number of nitrogens with one attached hydrogen (secondary N) is 2. The van der Waals surface area contributed by atoms with Gasteiger partial charge in [-0.2, -0.15) is 0 Å². The Balaban J connectivity index is 2.45. The summed E-state index contributed by atoms with van der Waals surface area (Å²) in [5.74, 6) is 1.40. The molecule has 0 aliphatic rings. The van der Waals surface area contributed by atoms with Gasteiger partial charge in [0.25, 0.3) is 0 Å². The van der Waals surface area contributed by atoms with E-state index in [9.17, 15) is 4.79 Å². The van der Waals surface area contributed by atoms with Crippen LogP contribution in [0.4, 0.5) is 5.69 Å². The first-order chi connectivity index (χ1) is 5.83. The molecule has 1 aromatic heterocycles. The van der Waals surface area contributed by atoms with Crippen LogP contribution in [0.5, 0.6) is 0 Å². The van der Waals surface area contributed by atoms with Gasteiger partial charge in [-0.3, -0.25) is 20.6 Å². The minimum Gasteiger partial charge on any atom is -0.298 e. The number of terminal acetylenes is 1. The van der Waals surface area contributed by atoms with Crippen molar-refractivity contribution in [3.8, 4) is 12.3 Å². The van der Waals surface area contributed by atoms with Gasteiger partial charge in [0.15, 0.2) is 0 Å². The number of aromatic nitrogens is 1. The lowest BCUT2D eigenvalue weighted by molar-refractivity contribution is -0.115. The molecule has 0 fully saturated rings. The molecule has 1 amide bonds. The van der Waals surface area contributed by atoms with E-state index in [1.807, 2.05) is 5.92 Å². The summed E-state index contributed by atoms with van der Waals surface area (Å²) in [5, 5.41) is 0. The number of carbonyl (C=O) groups excluding carboxylic acids is 1. The Kier molecular flexibility index (Phi) is 2.68. The molecule has 0 aromatic carbocycles. The molecule has 0 aliphatic carbocycles. The van der Waals surface area contributed by atoms with Crippen molar-refractivity contribution in [3.63, 3.8) is 0 Å². The predicted octanol–water partition coefficient (Wildman–Crippen LogP) is 0.158. The van der Waals surface area contributed by atoms with Crippen LogP contribution in [0.1, 0.15) is 0 Å². The Morgan fingerprint density at radius 3 is 2.75 bits per heavy atom. The fraction of sp³-hybridized carbons (Fsp3) is 0. The number of anilines is 1. The van der Waals surface area contributed by atoms with Gasteiger partial charge >= 0.3 is 5.91 Å². The minimum absolute atomic E-state index is 0.508. The molecule has 1 rings (SSSR count). The Morgan fingerprint density at radius 1 is 1.50 bits per heavy atom. The molecule has 0 saturated heterocycles. The monoisotopic (exact) mass is 161 g/mol. The van der Waals surface area contributed by atoms with Gasteiger partial charge in [0.2, 0.25) is 0 Å². The molecule has 0 aliphatic heterocycles. The molecule has 0 saturated carbocycles. The number of nitrogens with zero attached hydrogens (tertiary/aromatic N) is 1. The third kappa shape index (κ3) is 2.31. The highest BCUT2D eigenvalue weighted by Gasteiger charge is 1.92. The van der Waals surface area contributed by atoms with Gasteiger partial charge in [-0.05, 0) is 18.1 Å². The largest absolute Gasteiger partial charge is 0.313 e. The Morgan fingerprint density at radius 2 is 2.17 bits per heavy atom. The van der Waals surface area contributed by atoms with Gasteiger partial charge in [0, 0.05) is 12.4 Å². The summed E-state index contributed by atoms with van der Waals surface area (Å²) in [5.41, 5.74) is 5.64. The molecule has 0 bridgehead atoms. The number of hydrogen-bond donors (Lipinski definition) is 2. The zero-order valence-corrected chi connectivity index (χ0v) is 6.24. The number of hydrazine groups is 1. The smallest absolute Gasteiger partial charge is 0.298 e. The molecule has 1 aromatic rings. The van der Waals surface area contributed by atoms with Crippen LogP contribution in [-0.4, -0.2) is 10.9 Å². The molecule has 12 heavy (non-hydrogen) atoms. The van der Waals surface area contributed by atoms with E-state index in [0.717, 1.165) is 5.69 Å². The van der Waals surface area contributed by atoms with E-state index in [0.29, 0.717) is 0 Å². The van der Waals surface area contributed by atoms with Crippen molar-refractivity contribution in [2.24, 2.45) is 0 Å². The van der Waals surface area contributed by atoms with Crippen molar-refractivity contribution in [1.29, 1.82) is 0 Å². The van der Waals surface area contributed by atoms with Crippen molar-refractivity contribution < 1.29 is 4.79 Å². The van der Waals surface area contributed by atoms with Gasteiger partial charge in [0.1, 0.15) is 0 Å². The lowest BCUT2D eigenvalue weighted by Gasteiger charge is -2.03. The fourth-order valence-corrected chi connectivity index (χ4v) is 0.600. The second-order valence-corrected chi connectivity index (χ2v) is 1.96. The summed E-state index contributed by atoms with van der Waals surface area (Å²) in [7, 11) is 0. The molecule has 2 N–H and O–H groups in total. The molecule has 0 spiro atoms. The van der Waals surface area contributed by atoms with E-state index < -0.39 is 5.91 Å². The van der Waals surface area contributed by atoms with Gasteiger partial charge < -0.3 is 0 Å². The molecule has 0 unspecified atom stereocenters. The van der Waals surface area contributed by atoms with Crippen molar-refractivity contribution in [3.05, 3.63) is 24.5 Å². The highest BCUT2D eigenvalue weighted by Crippen LogP contribution is 1.99. The standard InChI is InChI=1S/C8H7N3O/c1-2-8(12)11-10-7-3-5-9-6-4-7/h1,3-6H,(H,9,10)(H,11,12). The van der Waals surface area contributed by atoms with Gasteiger partial charge in [-0.25, -0.2) is 0 Å². The fourth-order valence-electron chi connectivity index (χ4n) is 0.600. The van der Waals surface area contributed by atoms with Crippen LogP contribution in [-0.2, 0) is 4.79 Å². The third-order valence-corrected chi connectivity index (χ3v) is 1.13. The van der Waals surface area contributed by atoms with Gasteiger partial charge in [-0.15, -0.1) is 6.42 Å². The lowest BCUT2D eigenvalue weighted by Crippen LogP contribution is -2.27. The number of pyridine rings is 1. The molecule has 0 atom stereocenters. The SMILES string of the molecule is C#CC(=O)NNc1ccncc1. The molecule has 4 heteroatoms. The number of hydrogen-bond acceptors (Lipinski definition) is 3. The summed E-state index contributed by atoms with van der Waals surface area (Å²) in [6.45, 7) is 0. The molecule has 4 nitrogen and oxygen atoms in total. The van der Waals surface area contributed by atoms with E-state index in [4.69, 9.17) is 6.42 Å². The first kappa shape index (κ1) is 8.08. The Bertz CT molecular complexity index is 302. The van der Waals surface area contributed by atoms with Gasteiger partial charge in [-0.1, -0.05) is 0 Å². The molecule has 1 heterocycles. The van der Waals surface area contributed by atoms with E-state index in [-0.39, 0.29) is 0 Å². The Hall–Kier alpha value is -2.02. The molecule has 60 valence electrons. The summed E-state index contributed by atoms with van der Waals surface area (Å²) in [6.07, 6.45) is 8.02. The highest BCUT2D eigenvalue weighted by atomic mass is 16.2. The summed E-state index contributed by atoms with van der Waals surface area (Å²) >= 11 is 0. The first-order valence-electron chi connectivity index (χ1n) is 3.25. The van der Waals surface area contributed by atoms with Crippen LogP contribution in [0, 0.1) is 12.3 Å². The van der Waals surface area contributed by atoms with E-state index >= 15 is 0 Å². The van der Waals surface area contributed by atoms with Crippen LogP contribution >= 0.6 is 0 Å². The predicted molar refractivity (Wildman–Crippen MR) is 44.8 cm³/mol. The highest BCUT2D eigenvalue weighted by molar-refractivity contribution is 5.93. The van der Waals surface area contributed by atoms with Crippen molar-refractivity contribution in [2.75, 3.05) is 5.43 Å². The number of amides is 1. The Labute approximate surface area is 70.0 Å². The quantitative estimate of drug-likeness (QED) is 0.479. The van der Waals surface area contributed by atoms with Crippen LogP contribution in [0.25, 0.3) is 0 Å². The third-order valence-electron chi connectivity index (χ3n) is 1.13. The second kappa shape index (κ2) is 3.98. The number of rotatable bonds is 2. The summed E-state index contributed by atoms with van der Waals surface area (Å²) < 4.78 is 0. The normalized spacial score (nSPS) is 8.25. The van der Waals surface area contributed by atoms with E-state index in [1.165, 1.54) is 0 Å². The van der Waals surface area contributed by atoms with Crippen LogP contribution in [0.15, 0.2) is 24.5 Å². The number of carbonyl (C=O) groups is 1. The van der Waals surface area contributed by atoms with Crippen LogP contribution in [0.3, 0.4) is 0 Å². The van der Waals surface area contributed by atoms with Gasteiger partial charge in [0.05, 0.1) is 5.69 Å². The van der Waals surface area contributed by atoms with Crippen LogP contribution in [0.2, 0.25) is 0 Å². The topological polar surface area (TPSA) is 54.0 Å². The lowest BCUT2D eigenvalue weighted by atomic mass is 10.4. The van der Waals surface area contributed by atoms with Crippen molar-refractivity contribution in [2.45, 2.75) is 0 Å². The molecular weight excluding hydrogens is 154 g/mol. The van der Waals surface area contributed by atoms with Crippen molar-refractivity contribution in [1.82, 2.24) is 10.4 Å². The molecule has 0 radical (unpaired) electrons. The zero-order chi connectivity index (χ0) is 8.81. The maximum Gasteiger partial charge on any atom is 0.313 e. The maximum atomic E-state index is 10.6. The van der Waals surface area contributed by atoms with E-state index in [2.05, 4.69) is 15.8 Å². The first-order valence-corrected chi connectivity index (χ1v) is 3.25. The van der Waals surface area contributed by atoms with Crippen LogP contribution < -0.4 is 10.9 Å². The average molecular weight is 161 g/mol. The summed E-state index contributed by atoms with van der Waals surface area (Å²) in [4.78, 5) is 14.4. The average Bonchev–Trinajstić information content (AvgIpc) is 2.16. The molecular formula is C8H7N3O. The zero-order valence-electron chi connectivity index (χ0n) is 6.24. The van der Waals surface area contributed by atoms with Crippen molar-refractivity contribution >= 4 is 11.6 Å². The minimum atomic E-state index is -0.508. The van der Waals surface area contributed by atoms with E-state index in [1.54, 1.807) is 24.5 Å². The maximum absolute atomic E-state index is 10.6. The second-order valence-electron chi connectivity index (χ2n) is 1.96. The summed E-state index contributed by atoms with van der Waals surface area (Å²) in [6, 6.07) is 3.41.